The highest BCUT2D eigenvalue weighted by Crippen LogP contribution is 2.33. The van der Waals surface area contributed by atoms with Crippen molar-refractivity contribution in [2.24, 2.45) is 0 Å². The number of rotatable bonds is 4. The van der Waals surface area contributed by atoms with Crippen LogP contribution < -0.4 is 5.32 Å². The highest BCUT2D eigenvalue weighted by molar-refractivity contribution is 7.89. The summed E-state index contributed by atoms with van der Waals surface area (Å²) in [6, 6.07) is 8.93. The van der Waals surface area contributed by atoms with E-state index in [2.05, 4.69) is 22.1 Å². The zero-order valence-electron chi connectivity index (χ0n) is 17.5. The maximum absolute atomic E-state index is 13.4. The van der Waals surface area contributed by atoms with E-state index in [-0.39, 0.29) is 16.5 Å². The third kappa shape index (κ3) is 3.55. The topological polar surface area (TPSA) is 85.9 Å². The Balaban J connectivity index is 1.51. The van der Waals surface area contributed by atoms with E-state index in [1.807, 2.05) is 23.1 Å². The Hall–Kier alpha value is -2.23. The number of urea groups is 1. The van der Waals surface area contributed by atoms with Crippen LogP contribution in [-0.2, 0) is 10.0 Å². The second-order valence-electron chi connectivity index (χ2n) is 8.03. The molecule has 4 rings (SSSR count). The van der Waals surface area contributed by atoms with Gasteiger partial charge in [-0.1, -0.05) is 25.1 Å². The normalized spacial score (nSPS) is 23.7. The van der Waals surface area contributed by atoms with Crippen molar-refractivity contribution in [3.05, 3.63) is 36.5 Å². The maximum Gasteiger partial charge on any atom is 0.317 e. The molecule has 0 bridgehead atoms. The van der Waals surface area contributed by atoms with E-state index in [9.17, 15) is 13.2 Å². The lowest BCUT2D eigenvalue weighted by Crippen LogP contribution is -2.59. The van der Waals surface area contributed by atoms with Crippen LogP contribution >= 0.6 is 0 Å². The molecular weight excluding hydrogens is 402 g/mol. The number of sulfonamides is 1. The molecule has 2 amide bonds. The molecule has 0 spiro atoms. The predicted molar refractivity (Wildman–Crippen MR) is 116 cm³/mol. The molecule has 162 valence electrons. The number of hydrogen-bond donors (Lipinski definition) is 1. The second-order valence-corrected chi connectivity index (χ2v) is 9.93. The fraction of sp³-hybridized carbons (Fsp3) is 0.524. The number of hydrogen-bond acceptors (Lipinski definition) is 5. The van der Waals surface area contributed by atoms with Crippen molar-refractivity contribution in [1.29, 1.82) is 0 Å². The van der Waals surface area contributed by atoms with Crippen LogP contribution in [0.25, 0.3) is 10.9 Å². The van der Waals surface area contributed by atoms with Gasteiger partial charge in [0.05, 0.1) is 5.52 Å². The molecule has 1 atom stereocenters. The summed E-state index contributed by atoms with van der Waals surface area (Å²) < 4.78 is 28.3. The molecule has 1 N–H and O–H groups in total. The fourth-order valence-electron chi connectivity index (χ4n) is 4.78. The molecular formula is C21H29N5O3S. The molecule has 3 heterocycles. The third-order valence-electron chi connectivity index (χ3n) is 6.61. The highest BCUT2D eigenvalue weighted by Gasteiger charge is 2.44. The minimum Gasteiger partial charge on any atom is -0.341 e. The second kappa shape index (κ2) is 8.13. The van der Waals surface area contributed by atoms with Gasteiger partial charge in [0.1, 0.15) is 4.90 Å². The van der Waals surface area contributed by atoms with Crippen LogP contribution in [0.1, 0.15) is 19.8 Å². The summed E-state index contributed by atoms with van der Waals surface area (Å²) >= 11 is 0. The van der Waals surface area contributed by atoms with Gasteiger partial charge in [0.15, 0.2) is 0 Å². The van der Waals surface area contributed by atoms with Gasteiger partial charge in [-0.2, -0.15) is 4.31 Å². The third-order valence-corrected chi connectivity index (χ3v) is 8.54. The number of pyridine rings is 1. The molecule has 2 saturated heterocycles. The van der Waals surface area contributed by atoms with Crippen LogP contribution in [0.15, 0.2) is 41.4 Å². The SMILES string of the molecule is CCC1(N2CCN(S(=O)(=O)c3cccc4cccnc34)CC2)CCN(C(=O)NC)C1. The van der Waals surface area contributed by atoms with E-state index in [1.165, 1.54) is 0 Å². The van der Waals surface area contributed by atoms with Gasteiger partial charge in [-0.25, -0.2) is 13.2 Å². The first-order valence-electron chi connectivity index (χ1n) is 10.5. The number of aromatic nitrogens is 1. The molecule has 2 aliphatic heterocycles. The summed E-state index contributed by atoms with van der Waals surface area (Å²) in [7, 11) is -1.97. The predicted octanol–water partition coefficient (Wildman–Crippen LogP) is 1.73. The fourth-order valence-corrected chi connectivity index (χ4v) is 6.37. The van der Waals surface area contributed by atoms with Crippen LogP contribution in [-0.4, -0.2) is 85.4 Å². The van der Waals surface area contributed by atoms with E-state index in [0.717, 1.165) is 24.8 Å². The smallest absolute Gasteiger partial charge is 0.317 e. The van der Waals surface area contributed by atoms with Gasteiger partial charge in [-0.05, 0) is 25.0 Å². The molecule has 1 aromatic carbocycles. The summed E-state index contributed by atoms with van der Waals surface area (Å²) in [6.07, 6.45) is 3.47. The van der Waals surface area contributed by atoms with E-state index < -0.39 is 10.0 Å². The highest BCUT2D eigenvalue weighted by atomic mass is 32.2. The molecule has 2 fully saturated rings. The van der Waals surface area contributed by atoms with Crippen molar-refractivity contribution in [1.82, 2.24) is 24.4 Å². The van der Waals surface area contributed by atoms with E-state index in [1.54, 1.807) is 29.7 Å². The molecule has 30 heavy (non-hydrogen) atoms. The summed E-state index contributed by atoms with van der Waals surface area (Å²) in [5, 5.41) is 3.53. The molecule has 1 aromatic heterocycles. The quantitative estimate of drug-likeness (QED) is 0.797. The van der Waals surface area contributed by atoms with Gasteiger partial charge < -0.3 is 10.2 Å². The van der Waals surface area contributed by atoms with Gasteiger partial charge in [-0.3, -0.25) is 9.88 Å². The van der Waals surface area contributed by atoms with Crippen molar-refractivity contribution < 1.29 is 13.2 Å². The maximum atomic E-state index is 13.4. The van der Waals surface area contributed by atoms with Gasteiger partial charge in [0, 0.05) is 63.4 Å². The van der Waals surface area contributed by atoms with Crippen molar-refractivity contribution in [2.45, 2.75) is 30.2 Å². The van der Waals surface area contributed by atoms with E-state index in [0.29, 0.717) is 38.2 Å². The first-order valence-corrected chi connectivity index (χ1v) is 11.9. The summed E-state index contributed by atoms with van der Waals surface area (Å²) in [6.45, 7) is 5.76. The van der Waals surface area contributed by atoms with E-state index in [4.69, 9.17) is 0 Å². The van der Waals surface area contributed by atoms with Gasteiger partial charge >= 0.3 is 6.03 Å². The Kier molecular flexibility index (Phi) is 5.69. The van der Waals surface area contributed by atoms with Gasteiger partial charge in [-0.15, -0.1) is 0 Å². The number of nitrogens with one attached hydrogen (secondary N) is 1. The number of fused-ring (bicyclic) bond motifs is 1. The average molecular weight is 432 g/mol. The number of benzene rings is 1. The zero-order chi connectivity index (χ0) is 21.4. The molecule has 2 aromatic rings. The Morgan fingerprint density at radius 3 is 2.57 bits per heavy atom. The van der Waals surface area contributed by atoms with Crippen molar-refractivity contribution in [2.75, 3.05) is 46.3 Å². The minimum absolute atomic E-state index is 0.0463. The minimum atomic E-state index is -3.62. The summed E-state index contributed by atoms with van der Waals surface area (Å²) in [5.74, 6) is 0. The zero-order valence-corrected chi connectivity index (χ0v) is 18.4. The molecule has 0 saturated carbocycles. The Morgan fingerprint density at radius 1 is 1.13 bits per heavy atom. The van der Waals surface area contributed by atoms with Gasteiger partial charge in [0.25, 0.3) is 0 Å². The number of carbonyl (C=O) groups is 1. The lowest BCUT2D eigenvalue weighted by molar-refractivity contribution is 0.0575. The molecule has 8 nitrogen and oxygen atoms in total. The number of nitrogens with zero attached hydrogens (tertiary/aromatic N) is 4. The summed E-state index contributed by atoms with van der Waals surface area (Å²) in [4.78, 5) is 20.9. The Bertz CT molecular complexity index is 1030. The standard InChI is InChI=1S/C21H29N5O3S/c1-3-21(9-11-24(16-21)20(27)22-2)25-12-14-26(15-13-25)30(28,29)18-8-4-6-17-7-5-10-23-19(17)18/h4-8,10H,3,9,11-16H2,1-2H3,(H,22,27). The van der Waals surface area contributed by atoms with E-state index >= 15 is 0 Å². The monoisotopic (exact) mass is 431 g/mol. The van der Waals surface area contributed by atoms with Gasteiger partial charge in [0.2, 0.25) is 10.0 Å². The van der Waals surface area contributed by atoms with Crippen molar-refractivity contribution >= 4 is 27.0 Å². The van der Waals surface area contributed by atoms with Crippen LogP contribution in [0.5, 0.6) is 0 Å². The lowest BCUT2D eigenvalue weighted by atomic mass is 9.92. The number of likely N-dealkylation sites (tertiary alicyclic amines) is 1. The molecule has 1 unspecified atom stereocenters. The van der Waals surface area contributed by atoms with Crippen LogP contribution in [0, 0.1) is 0 Å². The number of carbonyl (C=O) groups excluding carboxylic acids is 1. The molecule has 0 radical (unpaired) electrons. The number of piperazine rings is 1. The van der Waals surface area contributed by atoms with Crippen LogP contribution in [0.4, 0.5) is 4.79 Å². The Morgan fingerprint density at radius 2 is 1.87 bits per heavy atom. The number of para-hydroxylation sites is 1. The molecule has 2 aliphatic rings. The summed E-state index contributed by atoms with van der Waals surface area (Å²) in [5.41, 5.74) is 0.438. The first kappa shape index (κ1) is 21.0. The molecule has 0 aliphatic carbocycles. The number of amides is 2. The van der Waals surface area contributed by atoms with Crippen LogP contribution in [0.2, 0.25) is 0 Å². The largest absolute Gasteiger partial charge is 0.341 e. The molecule has 9 heteroatoms. The average Bonchev–Trinajstić information content (AvgIpc) is 3.24. The van der Waals surface area contributed by atoms with Crippen molar-refractivity contribution in [3.63, 3.8) is 0 Å². The Labute approximate surface area is 177 Å². The lowest BCUT2D eigenvalue weighted by Gasteiger charge is -2.45. The first-order chi connectivity index (χ1) is 14.4. The van der Waals surface area contributed by atoms with Crippen LogP contribution in [0.3, 0.4) is 0 Å². The van der Waals surface area contributed by atoms with Crippen molar-refractivity contribution in [3.8, 4) is 0 Å².